The molecule has 3 rings (SSSR count). The number of hydrogen-bond donors (Lipinski definition) is 3. The number of urea groups is 1. The summed E-state index contributed by atoms with van der Waals surface area (Å²) < 4.78 is 40.4. The molecule has 0 saturated carbocycles. The van der Waals surface area contributed by atoms with Crippen LogP contribution in [0, 0.1) is 6.92 Å². The minimum absolute atomic E-state index is 0.0135. The van der Waals surface area contributed by atoms with E-state index in [4.69, 9.17) is 0 Å². The molecule has 28 heavy (non-hydrogen) atoms. The predicted octanol–water partition coefficient (Wildman–Crippen LogP) is 4.28. The van der Waals surface area contributed by atoms with E-state index in [0.29, 0.717) is 5.69 Å². The lowest BCUT2D eigenvalue weighted by molar-refractivity contribution is -0.138. The molecule has 5 nitrogen and oxygen atoms in total. The molecule has 1 aliphatic rings. The third kappa shape index (κ3) is 3.85. The lowest BCUT2D eigenvalue weighted by Crippen LogP contribution is -2.46. The summed E-state index contributed by atoms with van der Waals surface area (Å²) >= 11 is 0. The SMILES string of the molecule is CC1=C(C(=O)Nc2ccccc2C)[C@@H](c2ccccc2C(F)(F)F)NC(=O)N1. The van der Waals surface area contributed by atoms with Crippen LogP contribution in [0.2, 0.25) is 0 Å². The first-order valence-corrected chi connectivity index (χ1v) is 8.50. The van der Waals surface area contributed by atoms with Gasteiger partial charge in [-0.2, -0.15) is 13.2 Å². The molecule has 0 fully saturated rings. The summed E-state index contributed by atoms with van der Waals surface area (Å²) in [4.78, 5) is 24.9. The van der Waals surface area contributed by atoms with Gasteiger partial charge in [-0.3, -0.25) is 4.79 Å². The topological polar surface area (TPSA) is 70.2 Å². The van der Waals surface area contributed by atoms with Gasteiger partial charge in [-0.15, -0.1) is 0 Å². The van der Waals surface area contributed by atoms with Gasteiger partial charge in [0.25, 0.3) is 5.91 Å². The van der Waals surface area contributed by atoms with Gasteiger partial charge < -0.3 is 16.0 Å². The Morgan fingerprint density at radius 1 is 1.04 bits per heavy atom. The molecule has 3 N–H and O–H groups in total. The molecular formula is C20H18F3N3O2. The lowest BCUT2D eigenvalue weighted by atomic mass is 9.91. The van der Waals surface area contributed by atoms with Crippen LogP contribution in [0.25, 0.3) is 0 Å². The highest BCUT2D eigenvalue weighted by Gasteiger charge is 2.39. The second kappa shape index (κ2) is 7.38. The number of anilines is 1. The predicted molar refractivity (Wildman–Crippen MR) is 98.4 cm³/mol. The maximum absolute atomic E-state index is 13.5. The Morgan fingerprint density at radius 3 is 2.36 bits per heavy atom. The van der Waals surface area contributed by atoms with Crippen molar-refractivity contribution in [2.24, 2.45) is 0 Å². The van der Waals surface area contributed by atoms with Crippen molar-refractivity contribution >= 4 is 17.6 Å². The molecule has 0 radical (unpaired) electrons. The summed E-state index contributed by atoms with van der Waals surface area (Å²) in [5.74, 6) is -0.596. The lowest BCUT2D eigenvalue weighted by Gasteiger charge is -2.30. The first kappa shape index (κ1) is 19.5. The van der Waals surface area contributed by atoms with Crippen LogP contribution in [0.4, 0.5) is 23.7 Å². The number of para-hydroxylation sites is 1. The Labute approximate surface area is 159 Å². The molecule has 8 heteroatoms. The van der Waals surface area contributed by atoms with Crippen LogP contribution in [-0.2, 0) is 11.0 Å². The zero-order valence-corrected chi connectivity index (χ0v) is 15.1. The third-order valence-electron chi connectivity index (χ3n) is 4.48. The van der Waals surface area contributed by atoms with E-state index in [0.717, 1.165) is 11.6 Å². The number of rotatable bonds is 3. The van der Waals surface area contributed by atoms with Gasteiger partial charge in [-0.1, -0.05) is 36.4 Å². The first-order chi connectivity index (χ1) is 13.2. The maximum atomic E-state index is 13.5. The number of nitrogens with one attached hydrogen (secondary N) is 3. The van der Waals surface area contributed by atoms with Crippen LogP contribution >= 0.6 is 0 Å². The normalized spacial score (nSPS) is 17.0. The fraction of sp³-hybridized carbons (Fsp3) is 0.200. The molecule has 2 aromatic carbocycles. The zero-order valence-electron chi connectivity index (χ0n) is 15.1. The number of benzene rings is 2. The van der Waals surface area contributed by atoms with Gasteiger partial charge in [0.2, 0.25) is 0 Å². The van der Waals surface area contributed by atoms with Crippen LogP contribution in [0.3, 0.4) is 0 Å². The summed E-state index contributed by atoms with van der Waals surface area (Å²) in [6, 6.07) is 10.0. The quantitative estimate of drug-likeness (QED) is 0.733. The molecule has 1 atom stereocenters. The maximum Gasteiger partial charge on any atom is 0.416 e. The molecule has 2 aromatic rings. The van der Waals surface area contributed by atoms with Crippen molar-refractivity contribution in [3.63, 3.8) is 0 Å². The number of carbonyl (C=O) groups is 2. The minimum Gasteiger partial charge on any atom is -0.327 e. The van der Waals surface area contributed by atoms with Gasteiger partial charge in [-0.25, -0.2) is 4.79 Å². The van der Waals surface area contributed by atoms with Crippen LogP contribution < -0.4 is 16.0 Å². The van der Waals surface area contributed by atoms with Crippen LogP contribution in [0.15, 0.2) is 59.8 Å². The van der Waals surface area contributed by atoms with Gasteiger partial charge in [0, 0.05) is 11.4 Å². The molecule has 1 heterocycles. The van der Waals surface area contributed by atoms with E-state index >= 15 is 0 Å². The van der Waals surface area contributed by atoms with Crippen molar-refractivity contribution < 1.29 is 22.8 Å². The molecule has 0 unspecified atom stereocenters. The Bertz CT molecular complexity index is 967. The van der Waals surface area contributed by atoms with Crippen molar-refractivity contribution in [3.8, 4) is 0 Å². The average Bonchev–Trinajstić information content (AvgIpc) is 2.62. The van der Waals surface area contributed by atoms with Crippen molar-refractivity contribution in [1.82, 2.24) is 10.6 Å². The van der Waals surface area contributed by atoms with Gasteiger partial charge in [0.05, 0.1) is 17.2 Å². The number of aryl methyl sites for hydroxylation is 1. The summed E-state index contributed by atoms with van der Waals surface area (Å²) in [6.07, 6.45) is -4.63. The Hall–Kier alpha value is -3.29. The van der Waals surface area contributed by atoms with E-state index in [1.165, 1.54) is 25.1 Å². The van der Waals surface area contributed by atoms with Crippen LogP contribution in [0.5, 0.6) is 0 Å². The van der Waals surface area contributed by atoms with E-state index in [2.05, 4.69) is 16.0 Å². The summed E-state index contributed by atoms with van der Waals surface area (Å²) in [6.45, 7) is 3.28. The number of hydrogen-bond acceptors (Lipinski definition) is 2. The number of carbonyl (C=O) groups excluding carboxylic acids is 2. The Balaban J connectivity index is 2.06. The highest BCUT2D eigenvalue weighted by atomic mass is 19.4. The molecule has 0 aromatic heterocycles. The van der Waals surface area contributed by atoms with E-state index in [9.17, 15) is 22.8 Å². The second-order valence-corrected chi connectivity index (χ2v) is 6.42. The first-order valence-electron chi connectivity index (χ1n) is 8.50. The molecule has 0 aliphatic carbocycles. The molecule has 1 aliphatic heterocycles. The Morgan fingerprint density at radius 2 is 1.68 bits per heavy atom. The standard InChI is InChI=1S/C20H18F3N3O2/c1-11-7-3-6-10-15(11)25-18(27)16-12(2)24-19(28)26-17(16)13-8-4-5-9-14(13)20(21,22)23/h3-10,17H,1-2H3,(H,25,27)(H2,24,26,28)/t17-/m1/s1. The van der Waals surface area contributed by atoms with Crippen molar-refractivity contribution in [2.75, 3.05) is 5.32 Å². The number of allylic oxidation sites excluding steroid dienone is 1. The molecule has 0 spiro atoms. The van der Waals surface area contributed by atoms with Crippen LogP contribution in [-0.4, -0.2) is 11.9 Å². The second-order valence-electron chi connectivity index (χ2n) is 6.42. The number of amides is 3. The van der Waals surface area contributed by atoms with Crippen molar-refractivity contribution in [2.45, 2.75) is 26.1 Å². The van der Waals surface area contributed by atoms with Crippen LogP contribution in [0.1, 0.15) is 29.7 Å². The summed E-state index contributed by atoms with van der Waals surface area (Å²) in [5.41, 5.74) is 0.438. The monoisotopic (exact) mass is 389 g/mol. The molecule has 0 bridgehead atoms. The van der Waals surface area contributed by atoms with Gasteiger partial charge in [-0.05, 0) is 37.1 Å². The van der Waals surface area contributed by atoms with E-state index in [1.54, 1.807) is 31.2 Å². The average molecular weight is 389 g/mol. The van der Waals surface area contributed by atoms with E-state index in [1.807, 2.05) is 0 Å². The largest absolute Gasteiger partial charge is 0.416 e. The summed E-state index contributed by atoms with van der Waals surface area (Å²) in [5, 5.41) is 7.61. The zero-order chi connectivity index (χ0) is 20.5. The summed E-state index contributed by atoms with van der Waals surface area (Å²) in [7, 11) is 0. The molecule has 146 valence electrons. The van der Waals surface area contributed by atoms with Crippen molar-refractivity contribution in [3.05, 3.63) is 76.5 Å². The third-order valence-corrected chi connectivity index (χ3v) is 4.48. The smallest absolute Gasteiger partial charge is 0.327 e. The molecular weight excluding hydrogens is 371 g/mol. The number of alkyl halides is 3. The molecule has 3 amide bonds. The highest BCUT2D eigenvalue weighted by Crippen LogP contribution is 2.38. The minimum atomic E-state index is -4.63. The molecule has 0 saturated heterocycles. The fourth-order valence-corrected chi connectivity index (χ4v) is 3.14. The number of halogens is 3. The fourth-order valence-electron chi connectivity index (χ4n) is 3.14. The van der Waals surface area contributed by atoms with Gasteiger partial charge in [0.1, 0.15) is 0 Å². The highest BCUT2D eigenvalue weighted by molar-refractivity contribution is 6.07. The van der Waals surface area contributed by atoms with Gasteiger partial charge >= 0.3 is 12.2 Å². The van der Waals surface area contributed by atoms with E-state index in [-0.39, 0.29) is 16.8 Å². The Kier molecular flexibility index (Phi) is 5.13. The van der Waals surface area contributed by atoms with E-state index < -0.39 is 29.7 Å². The van der Waals surface area contributed by atoms with Crippen molar-refractivity contribution in [1.29, 1.82) is 0 Å². The van der Waals surface area contributed by atoms with Gasteiger partial charge in [0.15, 0.2) is 0 Å².